The van der Waals surface area contributed by atoms with Gasteiger partial charge in [0.1, 0.15) is 0 Å². The highest BCUT2D eigenvalue weighted by Crippen LogP contribution is 2.14. The van der Waals surface area contributed by atoms with Crippen LogP contribution in [-0.2, 0) is 17.1 Å². The molecule has 0 aliphatic rings. The van der Waals surface area contributed by atoms with Crippen molar-refractivity contribution in [1.29, 1.82) is 0 Å². The molecule has 0 aliphatic carbocycles. The Bertz CT molecular complexity index is 450. The van der Waals surface area contributed by atoms with Gasteiger partial charge in [0.2, 0.25) is 0 Å². The lowest BCUT2D eigenvalue weighted by molar-refractivity contribution is 0.425. The highest BCUT2D eigenvalue weighted by molar-refractivity contribution is 7.89. The third kappa shape index (κ3) is 3.03. The zero-order valence-corrected chi connectivity index (χ0v) is 10.6. The SMILES string of the molecule is Cn1nccc1S(=O)(=O)NC(C)(C)CCN. The summed E-state index contributed by atoms with van der Waals surface area (Å²) < 4.78 is 27.9. The number of nitrogens with zero attached hydrogens (tertiary/aromatic N) is 2. The molecule has 1 aromatic rings. The van der Waals surface area contributed by atoms with Gasteiger partial charge in [-0.05, 0) is 32.9 Å². The summed E-state index contributed by atoms with van der Waals surface area (Å²) in [6, 6.07) is 1.46. The second-order valence-electron chi connectivity index (χ2n) is 4.32. The van der Waals surface area contributed by atoms with E-state index in [-0.39, 0.29) is 5.03 Å². The first kappa shape index (κ1) is 13.1. The molecule has 0 aliphatic heterocycles. The summed E-state index contributed by atoms with van der Waals surface area (Å²) in [4.78, 5) is 0. The minimum absolute atomic E-state index is 0.151. The van der Waals surface area contributed by atoms with Crippen LogP contribution in [0.3, 0.4) is 0 Å². The maximum atomic E-state index is 12.0. The Balaban J connectivity index is 2.93. The van der Waals surface area contributed by atoms with Crippen molar-refractivity contribution in [2.24, 2.45) is 12.8 Å². The van der Waals surface area contributed by atoms with Crippen LogP contribution in [0.15, 0.2) is 17.3 Å². The molecule has 7 heteroatoms. The molecule has 0 radical (unpaired) electrons. The monoisotopic (exact) mass is 246 g/mol. The van der Waals surface area contributed by atoms with Crippen LogP contribution in [0.5, 0.6) is 0 Å². The van der Waals surface area contributed by atoms with Gasteiger partial charge in [-0.3, -0.25) is 4.68 Å². The number of hydrogen-bond acceptors (Lipinski definition) is 4. The van der Waals surface area contributed by atoms with E-state index in [2.05, 4.69) is 9.82 Å². The fourth-order valence-corrected chi connectivity index (χ4v) is 3.02. The molecule has 0 fully saturated rings. The van der Waals surface area contributed by atoms with E-state index in [1.165, 1.54) is 16.9 Å². The molecule has 0 aromatic carbocycles. The minimum atomic E-state index is -3.53. The largest absolute Gasteiger partial charge is 0.330 e. The van der Waals surface area contributed by atoms with Crippen molar-refractivity contribution in [2.45, 2.75) is 30.8 Å². The Morgan fingerprint density at radius 2 is 2.19 bits per heavy atom. The van der Waals surface area contributed by atoms with Crippen LogP contribution >= 0.6 is 0 Å². The first-order chi connectivity index (χ1) is 7.28. The van der Waals surface area contributed by atoms with Crippen LogP contribution in [0.1, 0.15) is 20.3 Å². The number of sulfonamides is 1. The summed E-state index contributed by atoms with van der Waals surface area (Å²) in [6.45, 7) is 4.03. The number of hydrogen-bond donors (Lipinski definition) is 2. The molecule has 0 bridgehead atoms. The lowest BCUT2D eigenvalue weighted by atomic mass is 10.0. The second-order valence-corrected chi connectivity index (χ2v) is 5.95. The van der Waals surface area contributed by atoms with E-state index in [1.54, 1.807) is 20.9 Å². The van der Waals surface area contributed by atoms with E-state index >= 15 is 0 Å². The molecule has 3 N–H and O–H groups in total. The zero-order valence-electron chi connectivity index (χ0n) is 9.77. The molecule has 0 unspecified atom stereocenters. The predicted octanol–water partition coefficient (Wildman–Crippen LogP) is -0.174. The number of rotatable bonds is 5. The minimum Gasteiger partial charge on any atom is -0.330 e. The Morgan fingerprint density at radius 1 is 1.56 bits per heavy atom. The van der Waals surface area contributed by atoms with E-state index in [4.69, 9.17) is 5.73 Å². The smallest absolute Gasteiger partial charge is 0.258 e. The van der Waals surface area contributed by atoms with Gasteiger partial charge in [-0.1, -0.05) is 0 Å². The van der Waals surface area contributed by atoms with Crippen LogP contribution in [0.2, 0.25) is 0 Å². The molecule has 6 nitrogen and oxygen atoms in total. The van der Waals surface area contributed by atoms with Crippen molar-refractivity contribution in [1.82, 2.24) is 14.5 Å². The summed E-state index contributed by atoms with van der Waals surface area (Å²) in [5.41, 5.74) is 4.87. The maximum absolute atomic E-state index is 12.0. The summed E-state index contributed by atoms with van der Waals surface area (Å²) in [6.07, 6.45) is 2.02. The quantitative estimate of drug-likeness (QED) is 0.754. The standard InChI is InChI=1S/C9H18N4O2S/c1-9(2,5-6-10)12-16(14,15)8-4-7-11-13(8)3/h4,7,12H,5-6,10H2,1-3H3. The second kappa shape index (κ2) is 4.52. The normalized spacial score (nSPS) is 13.0. The topological polar surface area (TPSA) is 90.0 Å². The van der Waals surface area contributed by atoms with Gasteiger partial charge in [0.15, 0.2) is 5.03 Å². The highest BCUT2D eigenvalue weighted by Gasteiger charge is 2.27. The molecule has 0 atom stereocenters. The molecular formula is C9H18N4O2S. The van der Waals surface area contributed by atoms with Crippen molar-refractivity contribution >= 4 is 10.0 Å². The molecule has 92 valence electrons. The lowest BCUT2D eigenvalue weighted by Gasteiger charge is -2.25. The first-order valence-corrected chi connectivity index (χ1v) is 6.49. The van der Waals surface area contributed by atoms with Gasteiger partial charge in [-0.25, -0.2) is 13.1 Å². The average molecular weight is 246 g/mol. The van der Waals surface area contributed by atoms with Gasteiger partial charge in [0.05, 0.1) is 6.20 Å². The number of aromatic nitrogens is 2. The van der Waals surface area contributed by atoms with Crippen LogP contribution in [0, 0.1) is 0 Å². The summed E-state index contributed by atoms with van der Waals surface area (Å²) in [5, 5.41) is 3.98. The lowest BCUT2D eigenvalue weighted by Crippen LogP contribution is -2.45. The molecule has 0 amide bonds. The highest BCUT2D eigenvalue weighted by atomic mass is 32.2. The van der Waals surface area contributed by atoms with Crippen molar-refractivity contribution in [3.05, 3.63) is 12.3 Å². The van der Waals surface area contributed by atoms with Gasteiger partial charge in [0, 0.05) is 12.6 Å². The number of aryl methyl sites for hydroxylation is 1. The first-order valence-electron chi connectivity index (χ1n) is 5.00. The van der Waals surface area contributed by atoms with Crippen molar-refractivity contribution in [2.75, 3.05) is 6.54 Å². The number of nitrogens with two attached hydrogens (primary N) is 1. The molecule has 0 saturated carbocycles. The third-order valence-corrected chi connectivity index (χ3v) is 4.00. The zero-order chi connectivity index (χ0) is 12.4. The Morgan fingerprint density at radius 3 is 2.62 bits per heavy atom. The Labute approximate surface area is 95.9 Å². The third-order valence-electron chi connectivity index (χ3n) is 2.23. The van der Waals surface area contributed by atoms with E-state index < -0.39 is 15.6 Å². The van der Waals surface area contributed by atoms with Gasteiger partial charge >= 0.3 is 0 Å². The van der Waals surface area contributed by atoms with Gasteiger partial charge in [-0.15, -0.1) is 0 Å². The van der Waals surface area contributed by atoms with Gasteiger partial charge in [0.25, 0.3) is 10.0 Å². The Kier molecular flexibility index (Phi) is 3.72. The molecular weight excluding hydrogens is 228 g/mol. The molecule has 1 heterocycles. The van der Waals surface area contributed by atoms with Crippen LogP contribution in [-0.4, -0.2) is 30.3 Å². The maximum Gasteiger partial charge on any atom is 0.258 e. The van der Waals surface area contributed by atoms with Crippen LogP contribution < -0.4 is 10.5 Å². The van der Waals surface area contributed by atoms with Crippen LogP contribution in [0.25, 0.3) is 0 Å². The average Bonchev–Trinajstić information content (AvgIpc) is 2.49. The predicted molar refractivity (Wildman–Crippen MR) is 61.3 cm³/mol. The molecule has 1 rings (SSSR count). The Hall–Kier alpha value is -0.920. The molecule has 0 spiro atoms. The van der Waals surface area contributed by atoms with Crippen molar-refractivity contribution < 1.29 is 8.42 Å². The van der Waals surface area contributed by atoms with Crippen molar-refractivity contribution in [3.63, 3.8) is 0 Å². The summed E-state index contributed by atoms with van der Waals surface area (Å²) in [7, 11) is -1.94. The molecule has 1 aromatic heterocycles. The van der Waals surface area contributed by atoms with Gasteiger partial charge < -0.3 is 5.73 Å². The van der Waals surface area contributed by atoms with Gasteiger partial charge in [-0.2, -0.15) is 5.10 Å². The van der Waals surface area contributed by atoms with Crippen molar-refractivity contribution in [3.8, 4) is 0 Å². The van der Waals surface area contributed by atoms with E-state index in [0.717, 1.165) is 0 Å². The number of nitrogens with one attached hydrogen (secondary N) is 1. The summed E-state index contributed by atoms with van der Waals surface area (Å²) in [5.74, 6) is 0. The molecule has 0 saturated heterocycles. The molecule has 16 heavy (non-hydrogen) atoms. The fourth-order valence-electron chi connectivity index (χ4n) is 1.45. The summed E-state index contributed by atoms with van der Waals surface area (Å²) >= 11 is 0. The van der Waals surface area contributed by atoms with E-state index in [0.29, 0.717) is 13.0 Å². The van der Waals surface area contributed by atoms with E-state index in [1.807, 2.05) is 0 Å². The fraction of sp³-hybridized carbons (Fsp3) is 0.667. The van der Waals surface area contributed by atoms with Crippen LogP contribution in [0.4, 0.5) is 0 Å². The van der Waals surface area contributed by atoms with E-state index in [9.17, 15) is 8.42 Å².